The number of fused-ring (bicyclic) bond motifs is 3. The fraction of sp³-hybridized carbons (Fsp3) is 0.107. The summed E-state index contributed by atoms with van der Waals surface area (Å²) in [6, 6.07) is 28.1. The molecule has 4 heteroatoms. The van der Waals surface area contributed by atoms with Gasteiger partial charge in [0.1, 0.15) is 23.9 Å². The van der Waals surface area contributed by atoms with Crippen molar-refractivity contribution in [2.45, 2.75) is 18.9 Å². The Hall–Kier alpha value is -3.92. The number of hydrogen-bond donors (Lipinski definition) is 0. The lowest BCUT2D eigenvalue weighted by atomic mass is 9.84. The number of carbonyl (C=O) groups is 1. The SMILES string of the molecule is O=C(/C=C1/C[C@H](c2cccc(F)c2)c2ccc3ccccc3c2O1)OCc1ccccc1. The molecule has 1 aliphatic rings. The molecular weight excluding hydrogens is 403 g/mol. The maximum absolute atomic E-state index is 14.0. The fourth-order valence-electron chi connectivity index (χ4n) is 4.14. The Kier molecular flexibility index (Phi) is 5.42. The molecule has 0 saturated carbocycles. The molecule has 0 radical (unpaired) electrons. The number of hydrogen-bond acceptors (Lipinski definition) is 3. The summed E-state index contributed by atoms with van der Waals surface area (Å²) in [5, 5.41) is 1.99. The van der Waals surface area contributed by atoms with Gasteiger partial charge in [0.05, 0.1) is 6.08 Å². The van der Waals surface area contributed by atoms with Gasteiger partial charge >= 0.3 is 5.97 Å². The minimum atomic E-state index is -0.467. The van der Waals surface area contributed by atoms with Gasteiger partial charge in [-0.1, -0.05) is 78.9 Å². The molecule has 0 N–H and O–H groups in total. The first-order valence-corrected chi connectivity index (χ1v) is 10.5. The van der Waals surface area contributed by atoms with Crippen molar-refractivity contribution in [2.75, 3.05) is 0 Å². The smallest absolute Gasteiger partial charge is 0.334 e. The van der Waals surface area contributed by atoms with E-state index in [4.69, 9.17) is 9.47 Å². The van der Waals surface area contributed by atoms with Crippen LogP contribution in [-0.2, 0) is 16.1 Å². The first-order valence-electron chi connectivity index (χ1n) is 10.5. The lowest BCUT2D eigenvalue weighted by Crippen LogP contribution is -2.16. The van der Waals surface area contributed by atoms with Crippen molar-refractivity contribution in [1.29, 1.82) is 0 Å². The predicted molar refractivity (Wildman–Crippen MR) is 122 cm³/mol. The first-order chi connectivity index (χ1) is 15.7. The quantitative estimate of drug-likeness (QED) is 0.276. The average Bonchev–Trinajstić information content (AvgIpc) is 2.83. The predicted octanol–water partition coefficient (Wildman–Crippen LogP) is 6.52. The molecule has 4 aromatic rings. The second-order valence-corrected chi connectivity index (χ2v) is 7.82. The Morgan fingerprint density at radius 1 is 0.969 bits per heavy atom. The Labute approximate surface area is 185 Å². The standard InChI is InChI=1S/C28H21FO3/c29-22-11-6-10-21(15-22)26-16-23(17-27(30)31-18-19-7-2-1-3-8-19)32-28-24-12-5-4-9-20(24)13-14-25(26)28/h1-15,17,26H,16,18H2/b23-17-/t26-/m1/s1. The molecule has 0 unspecified atom stereocenters. The maximum atomic E-state index is 14.0. The maximum Gasteiger partial charge on any atom is 0.334 e. The second kappa shape index (κ2) is 8.67. The van der Waals surface area contributed by atoms with Crippen LogP contribution < -0.4 is 4.74 Å². The molecule has 0 fully saturated rings. The van der Waals surface area contributed by atoms with Crippen LogP contribution >= 0.6 is 0 Å². The van der Waals surface area contributed by atoms with Crippen LogP contribution in [0.2, 0.25) is 0 Å². The summed E-state index contributed by atoms with van der Waals surface area (Å²) in [6.07, 6.45) is 1.84. The summed E-state index contributed by atoms with van der Waals surface area (Å²) in [5.74, 6) is 0.314. The fourth-order valence-corrected chi connectivity index (χ4v) is 4.14. The van der Waals surface area contributed by atoms with Gasteiger partial charge in [-0.3, -0.25) is 0 Å². The third kappa shape index (κ3) is 4.12. The van der Waals surface area contributed by atoms with E-state index >= 15 is 0 Å². The number of carbonyl (C=O) groups excluding carboxylic acids is 1. The van der Waals surface area contributed by atoms with Crippen LogP contribution in [-0.4, -0.2) is 5.97 Å². The van der Waals surface area contributed by atoms with E-state index in [9.17, 15) is 9.18 Å². The zero-order valence-corrected chi connectivity index (χ0v) is 17.3. The Morgan fingerprint density at radius 2 is 1.78 bits per heavy atom. The molecule has 1 aliphatic heterocycles. The molecule has 0 bridgehead atoms. The van der Waals surface area contributed by atoms with Crippen molar-refractivity contribution >= 4 is 16.7 Å². The lowest BCUT2D eigenvalue weighted by molar-refractivity contribution is -0.139. The lowest BCUT2D eigenvalue weighted by Gasteiger charge is -2.29. The van der Waals surface area contributed by atoms with Crippen molar-refractivity contribution in [2.24, 2.45) is 0 Å². The summed E-state index contributed by atoms with van der Waals surface area (Å²) in [4.78, 5) is 12.5. The highest BCUT2D eigenvalue weighted by molar-refractivity contribution is 5.91. The topological polar surface area (TPSA) is 35.5 Å². The highest BCUT2D eigenvalue weighted by Crippen LogP contribution is 2.45. The first kappa shape index (κ1) is 20.0. The number of allylic oxidation sites excluding steroid dienone is 1. The molecular formula is C28H21FO3. The van der Waals surface area contributed by atoms with Crippen LogP contribution in [0, 0.1) is 5.82 Å². The number of halogens is 1. The molecule has 1 atom stereocenters. The van der Waals surface area contributed by atoms with E-state index in [1.807, 2.05) is 72.8 Å². The molecule has 0 spiro atoms. The summed E-state index contributed by atoms with van der Waals surface area (Å²) in [7, 11) is 0. The normalized spacial score (nSPS) is 16.4. The average molecular weight is 424 g/mol. The van der Waals surface area contributed by atoms with Gasteiger partial charge in [-0.25, -0.2) is 9.18 Å². The molecule has 4 aromatic carbocycles. The van der Waals surface area contributed by atoms with E-state index in [0.717, 1.165) is 27.5 Å². The van der Waals surface area contributed by atoms with E-state index in [1.54, 1.807) is 12.1 Å². The van der Waals surface area contributed by atoms with Crippen LogP contribution in [0.25, 0.3) is 10.8 Å². The van der Waals surface area contributed by atoms with E-state index in [-0.39, 0.29) is 18.3 Å². The van der Waals surface area contributed by atoms with E-state index in [0.29, 0.717) is 17.9 Å². The zero-order chi connectivity index (χ0) is 21.9. The van der Waals surface area contributed by atoms with Crippen LogP contribution in [0.1, 0.15) is 29.0 Å². The monoisotopic (exact) mass is 424 g/mol. The van der Waals surface area contributed by atoms with Crippen LogP contribution in [0.3, 0.4) is 0 Å². The second-order valence-electron chi connectivity index (χ2n) is 7.82. The molecule has 3 nitrogen and oxygen atoms in total. The Bertz CT molecular complexity index is 1310. The third-order valence-corrected chi connectivity index (χ3v) is 5.68. The van der Waals surface area contributed by atoms with Gasteiger partial charge in [0.2, 0.25) is 0 Å². The zero-order valence-electron chi connectivity index (χ0n) is 17.3. The minimum Gasteiger partial charge on any atom is -0.460 e. The summed E-state index contributed by atoms with van der Waals surface area (Å²) in [6.45, 7) is 0.191. The molecule has 1 heterocycles. The number of rotatable bonds is 4. The number of esters is 1. The Balaban J connectivity index is 1.50. The van der Waals surface area contributed by atoms with Gasteiger partial charge in [-0.05, 0) is 28.6 Å². The van der Waals surface area contributed by atoms with Crippen molar-refractivity contribution in [3.8, 4) is 5.75 Å². The molecule has 158 valence electrons. The molecule has 5 rings (SSSR count). The van der Waals surface area contributed by atoms with Crippen molar-refractivity contribution in [3.05, 3.63) is 125 Å². The van der Waals surface area contributed by atoms with E-state index in [2.05, 4.69) is 0 Å². The van der Waals surface area contributed by atoms with Crippen molar-refractivity contribution < 1.29 is 18.7 Å². The molecule has 0 amide bonds. The molecule has 0 saturated heterocycles. The van der Waals surface area contributed by atoms with Gasteiger partial charge in [-0.15, -0.1) is 0 Å². The third-order valence-electron chi connectivity index (χ3n) is 5.68. The molecule has 0 aromatic heterocycles. The van der Waals surface area contributed by atoms with Crippen LogP contribution in [0.4, 0.5) is 4.39 Å². The largest absolute Gasteiger partial charge is 0.460 e. The van der Waals surface area contributed by atoms with E-state index < -0.39 is 5.97 Å². The van der Waals surface area contributed by atoms with Gasteiger partial charge in [0.15, 0.2) is 0 Å². The highest BCUT2D eigenvalue weighted by atomic mass is 19.1. The number of benzene rings is 4. The molecule has 32 heavy (non-hydrogen) atoms. The van der Waals surface area contributed by atoms with Gasteiger partial charge < -0.3 is 9.47 Å². The minimum absolute atomic E-state index is 0.132. The van der Waals surface area contributed by atoms with Crippen molar-refractivity contribution in [1.82, 2.24) is 0 Å². The van der Waals surface area contributed by atoms with Crippen LogP contribution in [0.15, 0.2) is 103 Å². The highest BCUT2D eigenvalue weighted by Gasteiger charge is 2.28. The summed E-state index contributed by atoms with van der Waals surface area (Å²) < 4.78 is 25.6. The van der Waals surface area contributed by atoms with Crippen LogP contribution in [0.5, 0.6) is 5.75 Å². The number of ether oxygens (including phenoxy) is 2. The van der Waals surface area contributed by atoms with Gasteiger partial charge in [-0.2, -0.15) is 0 Å². The van der Waals surface area contributed by atoms with Gasteiger partial charge in [0.25, 0.3) is 0 Å². The molecule has 0 aliphatic carbocycles. The summed E-state index contributed by atoms with van der Waals surface area (Å²) >= 11 is 0. The van der Waals surface area contributed by atoms with E-state index in [1.165, 1.54) is 12.1 Å². The summed E-state index contributed by atoms with van der Waals surface area (Å²) in [5.41, 5.74) is 2.73. The van der Waals surface area contributed by atoms with Crippen molar-refractivity contribution in [3.63, 3.8) is 0 Å². The Morgan fingerprint density at radius 3 is 2.62 bits per heavy atom. The van der Waals surface area contributed by atoms with Gasteiger partial charge in [0, 0.05) is 23.3 Å².